The van der Waals surface area contributed by atoms with Gasteiger partial charge in [0, 0.05) is 6.20 Å². The molecule has 0 aliphatic carbocycles. The highest BCUT2D eigenvalue weighted by Gasteiger charge is 2.18. The summed E-state index contributed by atoms with van der Waals surface area (Å²) in [6.07, 6.45) is -1.58. The third-order valence-electron chi connectivity index (χ3n) is 1.65. The second-order valence-electron chi connectivity index (χ2n) is 2.60. The minimum Gasteiger partial charge on any atom is -0.383 e. The first-order valence-corrected chi connectivity index (χ1v) is 3.81. The predicted octanol–water partition coefficient (Wildman–Crippen LogP) is -0.129. The van der Waals surface area contributed by atoms with Crippen LogP contribution in [0.1, 0.15) is 17.4 Å². The summed E-state index contributed by atoms with van der Waals surface area (Å²) in [6, 6.07) is 6.20. The summed E-state index contributed by atoms with van der Waals surface area (Å²) >= 11 is 0. The Balaban J connectivity index is 2.89. The van der Waals surface area contributed by atoms with Gasteiger partial charge in [-0.2, -0.15) is 10.5 Å². The molecular formula is C9H7N3O2. The summed E-state index contributed by atoms with van der Waals surface area (Å²) in [5.41, 5.74) is 0.519. The van der Waals surface area contributed by atoms with Gasteiger partial charge in [-0.3, -0.25) is 4.98 Å². The molecule has 0 saturated carbocycles. The molecule has 2 atom stereocenters. The van der Waals surface area contributed by atoms with Crippen molar-refractivity contribution >= 4 is 0 Å². The monoisotopic (exact) mass is 189 g/mol. The average molecular weight is 189 g/mol. The third kappa shape index (κ3) is 2.05. The highest BCUT2D eigenvalue weighted by Crippen LogP contribution is 2.13. The van der Waals surface area contributed by atoms with Crippen molar-refractivity contribution in [1.82, 2.24) is 4.98 Å². The van der Waals surface area contributed by atoms with Crippen molar-refractivity contribution in [2.24, 2.45) is 0 Å². The molecule has 0 aromatic carbocycles. The lowest BCUT2D eigenvalue weighted by molar-refractivity contribution is 0.0499. The molecule has 1 heterocycles. The van der Waals surface area contributed by atoms with E-state index in [1.807, 2.05) is 6.07 Å². The van der Waals surface area contributed by atoms with Crippen molar-refractivity contribution in [3.63, 3.8) is 0 Å². The molecule has 0 aliphatic heterocycles. The summed E-state index contributed by atoms with van der Waals surface area (Å²) in [5.74, 6) is 0. The van der Waals surface area contributed by atoms with Gasteiger partial charge in [0.05, 0.1) is 17.3 Å². The molecule has 5 heteroatoms. The topological polar surface area (TPSA) is 101 Å². The summed E-state index contributed by atoms with van der Waals surface area (Å²) in [7, 11) is 0. The van der Waals surface area contributed by atoms with Crippen LogP contribution in [-0.2, 0) is 0 Å². The second-order valence-corrected chi connectivity index (χ2v) is 2.60. The maximum Gasteiger partial charge on any atom is 0.171 e. The Morgan fingerprint density at radius 3 is 2.43 bits per heavy atom. The molecule has 1 rings (SSSR count). The predicted molar refractivity (Wildman–Crippen MR) is 45.5 cm³/mol. The van der Waals surface area contributed by atoms with Crippen LogP contribution >= 0.6 is 0 Å². The van der Waals surface area contributed by atoms with E-state index in [4.69, 9.17) is 15.6 Å². The van der Waals surface area contributed by atoms with Crippen LogP contribution in [0, 0.1) is 22.7 Å². The van der Waals surface area contributed by atoms with Gasteiger partial charge in [0.1, 0.15) is 12.2 Å². The first-order chi connectivity index (χ1) is 6.69. The zero-order valence-electron chi connectivity index (χ0n) is 7.12. The summed E-state index contributed by atoms with van der Waals surface area (Å²) in [6.45, 7) is 0. The molecular weight excluding hydrogens is 182 g/mol. The van der Waals surface area contributed by atoms with E-state index in [-0.39, 0.29) is 5.69 Å². The maximum atomic E-state index is 9.33. The van der Waals surface area contributed by atoms with Crippen LogP contribution in [0.15, 0.2) is 18.3 Å². The van der Waals surface area contributed by atoms with Gasteiger partial charge in [0.25, 0.3) is 0 Å². The smallest absolute Gasteiger partial charge is 0.171 e. The Bertz CT molecular complexity index is 388. The zero-order chi connectivity index (χ0) is 10.6. The van der Waals surface area contributed by atoms with Crippen LogP contribution in [0.3, 0.4) is 0 Å². The molecule has 2 N–H and O–H groups in total. The molecule has 0 fully saturated rings. The molecule has 5 nitrogen and oxygen atoms in total. The molecule has 0 amide bonds. The lowest BCUT2D eigenvalue weighted by atomic mass is 10.1. The number of aliphatic hydroxyl groups is 2. The molecule has 0 spiro atoms. The third-order valence-corrected chi connectivity index (χ3v) is 1.65. The Hall–Kier alpha value is -1.95. The van der Waals surface area contributed by atoms with Crippen LogP contribution in [0.25, 0.3) is 0 Å². The van der Waals surface area contributed by atoms with Crippen LogP contribution in [0.4, 0.5) is 0 Å². The number of hydrogen-bond donors (Lipinski definition) is 2. The van der Waals surface area contributed by atoms with Crippen molar-refractivity contribution in [2.75, 3.05) is 0 Å². The summed E-state index contributed by atoms with van der Waals surface area (Å²) in [4.78, 5) is 3.73. The summed E-state index contributed by atoms with van der Waals surface area (Å²) in [5, 5.41) is 35.1. The number of nitriles is 2. The Labute approximate surface area is 80.5 Å². The zero-order valence-corrected chi connectivity index (χ0v) is 7.12. The van der Waals surface area contributed by atoms with Gasteiger partial charge < -0.3 is 10.2 Å². The molecule has 0 radical (unpaired) electrons. The largest absolute Gasteiger partial charge is 0.383 e. The molecule has 14 heavy (non-hydrogen) atoms. The Kier molecular flexibility index (Phi) is 3.14. The van der Waals surface area contributed by atoms with Crippen molar-refractivity contribution in [1.29, 1.82) is 10.5 Å². The number of pyridine rings is 1. The Morgan fingerprint density at radius 1 is 1.29 bits per heavy atom. The van der Waals surface area contributed by atoms with Gasteiger partial charge in [-0.15, -0.1) is 0 Å². The quantitative estimate of drug-likeness (QED) is 0.631. The van der Waals surface area contributed by atoms with Gasteiger partial charge in [0.2, 0.25) is 0 Å². The number of aromatic nitrogens is 1. The van der Waals surface area contributed by atoms with E-state index >= 15 is 0 Å². The van der Waals surface area contributed by atoms with Crippen LogP contribution in [0.2, 0.25) is 0 Å². The first-order valence-electron chi connectivity index (χ1n) is 3.81. The van der Waals surface area contributed by atoms with E-state index < -0.39 is 12.2 Å². The molecule has 1 aromatic rings. The van der Waals surface area contributed by atoms with E-state index in [9.17, 15) is 5.11 Å². The van der Waals surface area contributed by atoms with Gasteiger partial charge in [0.15, 0.2) is 6.10 Å². The first kappa shape index (κ1) is 10.1. The maximum absolute atomic E-state index is 9.33. The van der Waals surface area contributed by atoms with Crippen molar-refractivity contribution in [2.45, 2.75) is 12.2 Å². The van der Waals surface area contributed by atoms with Crippen molar-refractivity contribution in [3.8, 4) is 12.1 Å². The van der Waals surface area contributed by atoms with E-state index in [2.05, 4.69) is 4.98 Å². The highest BCUT2D eigenvalue weighted by molar-refractivity contribution is 5.27. The lowest BCUT2D eigenvalue weighted by Crippen LogP contribution is -2.16. The van der Waals surface area contributed by atoms with E-state index in [0.717, 1.165) is 0 Å². The normalized spacial score (nSPS) is 13.7. The van der Waals surface area contributed by atoms with E-state index in [1.54, 1.807) is 0 Å². The molecule has 0 saturated heterocycles. The average Bonchev–Trinajstić information content (AvgIpc) is 2.27. The van der Waals surface area contributed by atoms with Gasteiger partial charge in [-0.25, -0.2) is 0 Å². The SMILES string of the molecule is N#Cc1ccc(C(O)C(O)C#N)nc1. The highest BCUT2D eigenvalue weighted by atomic mass is 16.3. The van der Waals surface area contributed by atoms with E-state index in [1.165, 1.54) is 24.4 Å². The van der Waals surface area contributed by atoms with Gasteiger partial charge >= 0.3 is 0 Å². The number of rotatable bonds is 2. The fourth-order valence-electron chi connectivity index (χ4n) is 0.879. The van der Waals surface area contributed by atoms with Crippen LogP contribution in [0.5, 0.6) is 0 Å². The molecule has 0 bridgehead atoms. The minimum absolute atomic E-state index is 0.165. The van der Waals surface area contributed by atoms with Gasteiger partial charge in [-0.05, 0) is 12.1 Å². The molecule has 0 aliphatic rings. The lowest BCUT2D eigenvalue weighted by Gasteiger charge is -2.10. The Morgan fingerprint density at radius 2 is 2.00 bits per heavy atom. The number of nitrogens with zero attached hydrogens (tertiary/aromatic N) is 3. The number of aliphatic hydroxyl groups excluding tert-OH is 2. The fraction of sp³-hybridized carbons (Fsp3) is 0.222. The molecule has 2 unspecified atom stereocenters. The standard InChI is InChI=1S/C9H7N3O2/c10-3-6-1-2-7(12-5-6)9(14)8(13)4-11/h1-2,5,8-9,13-14H. The minimum atomic E-state index is -1.50. The van der Waals surface area contributed by atoms with E-state index in [0.29, 0.717) is 5.56 Å². The second kappa shape index (κ2) is 4.33. The fourth-order valence-corrected chi connectivity index (χ4v) is 0.879. The van der Waals surface area contributed by atoms with Crippen molar-refractivity contribution in [3.05, 3.63) is 29.6 Å². The molecule has 1 aromatic heterocycles. The van der Waals surface area contributed by atoms with Crippen LogP contribution < -0.4 is 0 Å². The molecule has 70 valence electrons. The number of hydrogen-bond acceptors (Lipinski definition) is 5. The van der Waals surface area contributed by atoms with Crippen molar-refractivity contribution < 1.29 is 10.2 Å². The van der Waals surface area contributed by atoms with Gasteiger partial charge in [-0.1, -0.05) is 0 Å². The van der Waals surface area contributed by atoms with Crippen LogP contribution in [-0.4, -0.2) is 21.3 Å². The summed E-state index contributed by atoms with van der Waals surface area (Å²) < 4.78 is 0.